The zero-order valence-corrected chi connectivity index (χ0v) is 15.0. The number of nitrogens with zero attached hydrogens (tertiary/aromatic N) is 5. The predicted molar refractivity (Wildman–Crippen MR) is 102 cm³/mol. The first-order valence-corrected chi connectivity index (χ1v) is 9.10. The molecule has 0 radical (unpaired) electrons. The molecule has 0 bridgehead atoms. The molecular weight excluding hydrogens is 356 g/mol. The van der Waals surface area contributed by atoms with Gasteiger partial charge in [-0.05, 0) is 6.07 Å². The van der Waals surface area contributed by atoms with Gasteiger partial charge in [-0.2, -0.15) is 10.2 Å². The van der Waals surface area contributed by atoms with E-state index in [4.69, 9.17) is 4.74 Å². The van der Waals surface area contributed by atoms with Crippen molar-refractivity contribution in [1.82, 2.24) is 29.7 Å². The number of ether oxygens (including phenoxy) is 1. The van der Waals surface area contributed by atoms with Crippen LogP contribution in [0.2, 0.25) is 0 Å². The Bertz CT molecular complexity index is 1130. The average Bonchev–Trinajstić information content (AvgIpc) is 3.34. The molecule has 140 valence electrons. The maximum atomic E-state index is 12.3. The van der Waals surface area contributed by atoms with Crippen molar-refractivity contribution in [3.05, 3.63) is 66.6 Å². The number of amides is 1. The lowest BCUT2D eigenvalue weighted by Gasteiger charge is -2.25. The number of rotatable bonds is 5. The van der Waals surface area contributed by atoms with Gasteiger partial charge in [-0.25, -0.2) is 14.2 Å². The molecule has 8 heteroatoms. The quantitative estimate of drug-likeness (QED) is 0.577. The van der Waals surface area contributed by atoms with Gasteiger partial charge in [0, 0.05) is 42.6 Å². The van der Waals surface area contributed by atoms with Crippen LogP contribution in [0.5, 0.6) is 0 Å². The Kier molecular flexibility index (Phi) is 4.10. The van der Waals surface area contributed by atoms with Crippen molar-refractivity contribution < 1.29 is 9.53 Å². The standard InChI is InChI=1S/C20H18N6O2/c27-20(21-11-14-12-28-13-14)17-10-19-22-18(7-9-26(19)24-17)25-8-6-16(23-25)15-4-2-1-3-5-15/h1-10,14H,11-13H2,(H,21,27). The van der Waals surface area contributed by atoms with Gasteiger partial charge in [-0.3, -0.25) is 4.79 Å². The summed E-state index contributed by atoms with van der Waals surface area (Å²) in [6, 6.07) is 15.4. The third kappa shape index (κ3) is 3.14. The highest BCUT2D eigenvalue weighted by molar-refractivity contribution is 5.93. The van der Waals surface area contributed by atoms with Crippen LogP contribution in [-0.4, -0.2) is 50.0 Å². The van der Waals surface area contributed by atoms with Crippen molar-refractivity contribution in [2.75, 3.05) is 19.8 Å². The van der Waals surface area contributed by atoms with E-state index < -0.39 is 0 Å². The van der Waals surface area contributed by atoms with E-state index in [9.17, 15) is 4.79 Å². The summed E-state index contributed by atoms with van der Waals surface area (Å²) in [7, 11) is 0. The zero-order chi connectivity index (χ0) is 18.9. The second kappa shape index (κ2) is 6.90. The van der Waals surface area contributed by atoms with E-state index in [1.165, 1.54) is 0 Å². The van der Waals surface area contributed by atoms with Gasteiger partial charge in [0.2, 0.25) is 0 Å². The van der Waals surface area contributed by atoms with Crippen molar-refractivity contribution in [2.45, 2.75) is 0 Å². The van der Waals surface area contributed by atoms with Crippen LogP contribution >= 0.6 is 0 Å². The van der Waals surface area contributed by atoms with E-state index in [1.54, 1.807) is 21.5 Å². The summed E-state index contributed by atoms with van der Waals surface area (Å²) >= 11 is 0. The lowest BCUT2D eigenvalue weighted by Crippen LogP contribution is -2.39. The molecule has 4 heterocycles. The van der Waals surface area contributed by atoms with Crippen LogP contribution in [0.1, 0.15) is 10.5 Å². The van der Waals surface area contributed by atoms with Gasteiger partial charge in [-0.1, -0.05) is 30.3 Å². The summed E-state index contributed by atoms with van der Waals surface area (Å²) in [5.41, 5.74) is 2.85. The smallest absolute Gasteiger partial charge is 0.271 e. The minimum absolute atomic E-state index is 0.204. The van der Waals surface area contributed by atoms with Crippen LogP contribution in [0, 0.1) is 5.92 Å². The second-order valence-electron chi connectivity index (χ2n) is 6.74. The van der Waals surface area contributed by atoms with Crippen molar-refractivity contribution in [3.63, 3.8) is 0 Å². The van der Waals surface area contributed by atoms with Crippen LogP contribution in [0.25, 0.3) is 22.7 Å². The van der Waals surface area contributed by atoms with E-state index in [1.807, 2.05) is 48.7 Å². The molecule has 1 amide bonds. The van der Waals surface area contributed by atoms with E-state index in [0.29, 0.717) is 42.8 Å². The van der Waals surface area contributed by atoms with Gasteiger partial charge in [0.05, 0.1) is 18.9 Å². The SMILES string of the molecule is O=C(NCC1COC1)c1cc2nc(-n3ccc(-c4ccccc4)n3)ccn2n1. The summed E-state index contributed by atoms with van der Waals surface area (Å²) < 4.78 is 8.42. The van der Waals surface area contributed by atoms with E-state index in [0.717, 1.165) is 11.3 Å². The third-order valence-corrected chi connectivity index (χ3v) is 4.69. The largest absolute Gasteiger partial charge is 0.381 e. The molecule has 8 nitrogen and oxygen atoms in total. The van der Waals surface area contributed by atoms with Gasteiger partial charge in [0.1, 0.15) is 0 Å². The van der Waals surface area contributed by atoms with Gasteiger partial charge in [0.25, 0.3) is 5.91 Å². The molecule has 4 aromatic rings. The molecule has 5 rings (SSSR count). The Morgan fingerprint density at radius 1 is 1.11 bits per heavy atom. The van der Waals surface area contributed by atoms with Gasteiger partial charge in [-0.15, -0.1) is 0 Å². The molecule has 1 N–H and O–H groups in total. The molecule has 1 aliphatic heterocycles. The van der Waals surface area contributed by atoms with Crippen molar-refractivity contribution >= 4 is 11.6 Å². The first-order chi connectivity index (χ1) is 13.8. The number of carbonyl (C=O) groups excluding carboxylic acids is 1. The fourth-order valence-electron chi connectivity index (χ4n) is 3.05. The zero-order valence-electron chi connectivity index (χ0n) is 15.0. The molecule has 0 spiro atoms. The summed E-state index contributed by atoms with van der Waals surface area (Å²) in [6.45, 7) is 2.00. The molecule has 0 atom stereocenters. The summed E-state index contributed by atoms with van der Waals surface area (Å²) in [6.07, 6.45) is 3.64. The first-order valence-electron chi connectivity index (χ1n) is 9.10. The fourth-order valence-corrected chi connectivity index (χ4v) is 3.05. The van der Waals surface area contributed by atoms with Gasteiger partial charge >= 0.3 is 0 Å². The van der Waals surface area contributed by atoms with E-state index in [-0.39, 0.29) is 5.91 Å². The Morgan fingerprint density at radius 3 is 2.75 bits per heavy atom. The lowest BCUT2D eigenvalue weighted by molar-refractivity contribution is -0.0299. The first kappa shape index (κ1) is 16.6. The molecule has 1 fully saturated rings. The Balaban J connectivity index is 1.38. The summed E-state index contributed by atoms with van der Waals surface area (Å²) in [5.74, 6) is 0.849. The topological polar surface area (TPSA) is 86.3 Å². The molecule has 1 aromatic carbocycles. The molecule has 28 heavy (non-hydrogen) atoms. The number of hydrogen-bond donors (Lipinski definition) is 1. The normalized spacial score (nSPS) is 14.1. The monoisotopic (exact) mass is 374 g/mol. The van der Waals surface area contributed by atoms with Crippen molar-refractivity contribution in [2.24, 2.45) is 5.92 Å². The maximum absolute atomic E-state index is 12.3. The highest BCUT2D eigenvalue weighted by atomic mass is 16.5. The second-order valence-corrected chi connectivity index (χ2v) is 6.74. The minimum Gasteiger partial charge on any atom is -0.381 e. The average molecular weight is 374 g/mol. The molecule has 0 aliphatic carbocycles. The van der Waals surface area contributed by atoms with E-state index >= 15 is 0 Å². The number of nitrogens with one attached hydrogen (secondary N) is 1. The van der Waals surface area contributed by atoms with Crippen LogP contribution in [0.4, 0.5) is 0 Å². The molecule has 0 saturated carbocycles. The molecule has 1 aliphatic rings. The molecule has 3 aromatic heterocycles. The Morgan fingerprint density at radius 2 is 1.96 bits per heavy atom. The van der Waals surface area contributed by atoms with Crippen LogP contribution < -0.4 is 5.32 Å². The number of benzene rings is 1. The highest BCUT2D eigenvalue weighted by Crippen LogP contribution is 2.18. The van der Waals surface area contributed by atoms with Gasteiger partial charge < -0.3 is 10.1 Å². The maximum Gasteiger partial charge on any atom is 0.271 e. The number of hydrogen-bond acceptors (Lipinski definition) is 5. The van der Waals surface area contributed by atoms with E-state index in [2.05, 4.69) is 20.5 Å². The third-order valence-electron chi connectivity index (χ3n) is 4.69. The van der Waals surface area contributed by atoms with Crippen molar-refractivity contribution in [1.29, 1.82) is 0 Å². The molecule has 1 saturated heterocycles. The van der Waals surface area contributed by atoms with Gasteiger partial charge in [0.15, 0.2) is 17.2 Å². The highest BCUT2D eigenvalue weighted by Gasteiger charge is 2.20. The Labute approximate surface area is 160 Å². The minimum atomic E-state index is -0.204. The molecular formula is C20H18N6O2. The van der Waals surface area contributed by atoms with Crippen molar-refractivity contribution in [3.8, 4) is 17.1 Å². The van der Waals surface area contributed by atoms with Crippen LogP contribution in [0.15, 0.2) is 60.9 Å². The number of fused-ring (bicyclic) bond motifs is 1. The van der Waals surface area contributed by atoms with Crippen LogP contribution in [-0.2, 0) is 4.74 Å². The summed E-state index contributed by atoms with van der Waals surface area (Å²) in [5, 5.41) is 11.8. The fraction of sp³-hybridized carbons (Fsp3) is 0.200. The number of aromatic nitrogens is 5. The lowest BCUT2D eigenvalue weighted by atomic mass is 10.1. The summed E-state index contributed by atoms with van der Waals surface area (Å²) in [4.78, 5) is 16.9. The Hall–Kier alpha value is -3.52. The number of carbonyl (C=O) groups is 1. The molecule has 0 unspecified atom stereocenters. The predicted octanol–water partition coefficient (Wildman–Crippen LogP) is 1.96. The van der Waals surface area contributed by atoms with Crippen LogP contribution in [0.3, 0.4) is 0 Å².